The zero-order valence-electron chi connectivity index (χ0n) is 8.23. The van der Waals surface area contributed by atoms with Crippen molar-refractivity contribution in [3.63, 3.8) is 0 Å². The van der Waals surface area contributed by atoms with Gasteiger partial charge in [-0.25, -0.2) is 0 Å². The molecule has 0 saturated carbocycles. The fourth-order valence-electron chi connectivity index (χ4n) is 0.663. The van der Waals surface area contributed by atoms with Crippen molar-refractivity contribution in [1.82, 2.24) is 0 Å². The Morgan fingerprint density at radius 3 is 1.86 bits per heavy atom. The molecular formula is C12H16OS. The van der Waals surface area contributed by atoms with Gasteiger partial charge in [0.2, 0.25) is 0 Å². The van der Waals surface area contributed by atoms with E-state index < -0.39 is 0 Å². The van der Waals surface area contributed by atoms with Crippen molar-refractivity contribution in [2.75, 3.05) is 11.5 Å². The van der Waals surface area contributed by atoms with Crippen LogP contribution in [0.25, 0.3) is 0 Å². The molecule has 1 nitrogen and oxygen atoms in total. The molecule has 0 saturated heterocycles. The number of aromatic hydroxyl groups is 1. The minimum Gasteiger partial charge on any atom is -0.508 e. The zero-order chi connectivity index (χ0) is 10.6. The number of phenolic OH excluding ortho intramolecular Hbond substituents is 1. The van der Waals surface area contributed by atoms with Gasteiger partial charge in [-0.15, -0.1) is 13.2 Å². The fourth-order valence-corrected chi connectivity index (χ4v) is 1.13. The van der Waals surface area contributed by atoms with Crippen LogP contribution in [0.1, 0.15) is 0 Å². The van der Waals surface area contributed by atoms with Crippen LogP contribution in [0.15, 0.2) is 55.6 Å². The van der Waals surface area contributed by atoms with Gasteiger partial charge in [0.05, 0.1) is 0 Å². The molecule has 0 spiro atoms. The van der Waals surface area contributed by atoms with Crippen molar-refractivity contribution in [1.29, 1.82) is 0 Å². The molecule has 1 aromatic carbocycles. The quantitative estimate of drug-likeness (QED) is 0.604. The van der Waals surface area contributed by atoms with Gasteiger partial charge in [0, 0.05) is 11.5 Å². The summed E-state index contributed by atoms with van der Waals surface area (Å²) in [5.41, 5.74) is 0. The summed E-state index contributed by atoms with van der Waals surface area (Å²) >= 11 is 1.82. The van der Waals surface area contributed by atoms with Crippen LogP contribution in [0.3, 0.4) is 0 Å². The molecule has 0 radical (unpaired) electrons. The number of phenols is 1. The van der Waals surface area contributed by atoms with E-state index in [-0.39, 0.29) is 0 Å². The second kappa shape index (κ2) is 9.93. The first kappa shape index (κ1) is 12.8. The highest BCUT2D eigenvalue weighted by Gasteiger charge is 1.75. The van der Waals surface area contributed by atoms with Gasteiger partial charge in [0.1, 0.15) is 5.75 Å². The predicted octanol–water partition coefficient (Wildman–Crippen LogP) is 3.48. The van der Waals surface area contributed by atoms with Crippen LogP contribution in [-0.4, -0.2) is 16.6 Å². The topological polar surface area (TPSA) is 20.2 Å². The molecule has 76 valence electrons. The van der Waals surface area contributed by atoms with E-state index in [4.69, 9.17) is 5.11 Å². The van der Waals surface area contributed by atoms with Gasteiger partial charge in [-0.2, -0.15) is 11.8 Å². The molecule has 1 rings (SSSR count). The molecule has 1 aromatic rings. The summed E-state index contributed by atoms with van der Waals surface area (Å²) in [6.07, 6.45) is 3.79. The molecule has 0 aliphatic carbocycles. The lowest BCUT2D eigenvalue weighted by Gasteiger charge is -1.85. The number of rotatable bonds is 4. The molecule has 0 heterocycles. The van der Waals surface area contributed by atoms with E-state index in [2.05, 4.69) is 13.2 Å². The molecule has 0 fully saturated rings. The Bertz CT molecular complexity index is 236. The average Bonchev–Trinajstić information content (AvgIpc) is 2.21. The van der Waals surface area contributed by atoms with Gasteiger partial charge >= 0.3 is 0 Å². The third kappa shape index (κ3) is 8.94. The molecule has 0 amide bonds. The van der Waals surface area contributed by atoms with Gasteiger partial charge in [-0.1, -0.05) is 30.4 Å². The van der Waals surface area contributed by atoms with Crippen molar-refractivity contribution in [3.05, 3.63) is 55.6 Å². The number of hydrogen-bond donors (Lipinski definition) is 1. The second-order valence-corrected chi connectivity index (χ2v) is 3.53. The SMILES string of the molecule is C=CCSCC=C.Oc1ccccc1. The Morgan fingerprint density at radius 1 is 1.07 bits per heavy atom. The van der Waals surface area contributed by atoms with Crippen LogP contribution in [-0.2, 0) is 0 Å². The first-order valence-electron chi connectivity index (χ1n) is 4.34. The van der Waals surface area contributed by atoms with Crippen LogP contribution in [0.4, 0.5) is 0 Å². The fraction of sp³-hybridized carbons (Fsp3) is 0.167. The largest absolute Gasteiger partial charge is 0.508 e. The summed E-state index contributed by atoms with van der Waals surface area (Å²) in [4.78, 5) is 0. The number of thioether (sulfide) groups is 1. The smallest absolute Gasteiger partial charge is 0.115 e. The van der Waals surface area contributed by atoms with E-state index in [0.717, 1.165) is 11.5 Å². The van der Waals surface area contributed by atoms with E-state index in [1.54, 1.807) is 24.3 Å². The number of para-hydroxylation sites is 1. The summed E-state index contributed by atoms with van der Waals surface area (Å²) in [7, 11) is 0. The van der Waals surface area contributed by atoms with Crippen molar-refractivity contribution in [2.24, 2.45) is 0 Å². The lowest BCUT2D eigenvalue weighted by atomic mass is 10.3. The highest BCUT2D eigenvalue weighted by molar-refractivity contribution is 7.99. The number of benzene rings is 1. The van der Waals surface area contributed by atoms with Crippen LogP contribution in [0.2, 0.25) is 0 Å². The highest BCUT2D eigenvalue weighted by Crippen LogP contribution is 2.02. The Labute approximate surface area is 90.2 Å². The van der Waals surface area contributed by atoms with Gasteiger partial charge < -0.3 is 5.11 Å². The summed E-state index contributed by atoms with van der Waals surface area (Å²) in [5, 5.41) is 8.63. The van der Waals surface area contributed by atoms with Crippen LogP contribution in [0.5, 0.6) is 5.75 Å². The molecule has 14 heavy (non-hydrogen) atoms. The molecule has 0 aliphatic rings. The van der Waals surface area contributed by atoms with Gasteiger partial charge in [-0.05, 0) is 12.1 Å². The molecule has 0 unspecified atom stereocenters. The monoisotopic (exact) mass is 208 g/mol. The Hall–Kier alpha value is -1.15. The predicted molar refractivity (Wildman–Crippen MR) is 65.8 cm³/mol. The van der Waals surface area contributed by atoms with Gasteiger partial charge in [0.15, 0.2) is 0 Å². The third-order valence-electron chi connectivity index (χ3n) is 1.23. The zero-order valence-corrected chi connectivity index (χ0v) is 9.04. The maximum atomic E-state index is 8.63. The molecule has 0 atom stereocenters. The maximum absolute atomic E-state index is 8.63. The maximum Gasteiger partial charge on any atom is 0.115 e. The number of hydrogen-bond acceptors (Lipinski definition) is 2. The first-order valence-corrected chi connectivity index (χ1v) is 5.50. The van der Waals surface area contributed by atoms with Crippen molar-refractivity contribution in [2.45, 2.75) is 0 Å². The molecule has 0 aromatic heterocycles. The van der Waals surface area contributed by atoms with Crippen molar-refractivity contribution >= 4 is 11.8 Å². The van der Waals surface area contributed by atoms with Gasteiger partial charge in [-0.3, -0.25) is 0 Å². The summed E-state index contributed by atoms with van der Waals surface area (Å²) < 4.78 is 0. The van der Waals surface area contributed by atoms with Crippen molar-refractivity contribution < 1.29 is 5.11 Å². The molecular weight excluding hydrogens is 192 g/mol. The van der Waals surface area contributed by atoms with Crippen molar-refractivity contribution in [3.8, 4) is 5.75 Å². The van der Waals surface area contributed by atoms with Crippen LogP contribution < -0.4 is 0 Å². The highest BCUT2D eigenvalue weighted by atomic mass is 32.2. The van der Waals surface area contributed by atoms with E-state index in [0.29, 0.717) is 5.75 Å². The standard InChI is InChI=1S/C6H6O.C6H10S/c7-6-4-2-1-3-5-6;1-3-5-7-6-4-2/h1-5,7H;3-4H,1-2,5-6H2. The second-order valence-electron chi connectivity index (χ2n) is 2.45. The normalized spacial score (nSPS) is 8.29. The average molecular weight is 208 g/mol. The third-order valence-corrected chi connectivity index (χ3v) is 2.17. The minimum absolute atomic E-state index is 0.322. The molecule has 2 heteroatoms. The first-order chi connectivity index (χ1) is 6.81. The summed E-state index contributed by atoms with van der Waals surface area (Å²) in [5.74, 6) is 2.39. The van der Waals surface area contributed by atoms with E-state index in [9.17, 15) is 0 Å². The van der Waals surface area contributed by atoms with Crippen LogP contribution in [0, 0.1) is 0 Å². The Morgan fingerprint density at radius 2 is 1.57 bits per heavy atom. The molecule has 0 bridgehead atoms. The summed E-state index contributed by atoms with van der Waals surface area (Å²) in [6.45, 7) is 7.15. The molecule has 0 aliphatic heterocycles. The van der Waals surface area contributed by atoms with E-state index in [1.165, 1.54) is 0 Å². The Kier molecular flexibility index (Phi) is 9.12. The van der Waals surface area contributed by atoms with Gasteiger partial charge in [0.25, 0.3) is 0 Å². The summed E-state index contributed by atoms with van der Waals surface area (Å²) in [6, 6.07) is 8.71. The minimum atomic E-state index is 0.322. The lowest BCUT2D eigenvalue weighted by Crippen LogP contribution is -1.69. The van der Waals surface area contributed by atoms with E-state index >= 15 is 0 Å². The van der Waals surface area contributed by atoms with E-state index in [1.807, 2.05) is 30.0 Å². The van der Waals surface area contributed by atoms with Crippen LogP contribution >= 0.6 is 11.8 Å². The molecule has 1 N–H and O–H groups in total. The Balaban J connectivity index is 0.000000241. The lowest BCUT2D eigenvalue weighted by molar-refractivity contribution is 0.475.